The Labute approximate surface area is 133 Å². The van der Waals surface area contributed by atoms with Crippen molar-refractivity contribution in [3.8, 4) is 0 Å². The van der Waals surface area contributed by atoms with Crippen molar-refractivity contribution < 1.29 is 9.90 Å². The monoisotopic (exact) mass is 327 g/mol. The van der Waals surface area contributed by atoms with Gasteiger partial charge in [0, 0.05) is 24.9 Å². The third kappa shape index (κ3) is 5.43. The van der Waals surface area contributed by atoms with E-state index in [2.05, 4.69) is 10.3 Å². The molecule has 0 aliphatic heterocycles. The van der Waals surface area contributed by atoms with Gasteiger partial charge in [-0.15, -0.1) is 23.7 Å². The topological polar surface area (TPSA) is 88.2 Å². The number of aliphatic hydroxyl groups is 1. The predicted molar refractivity (Wildman–Crippen MR) is 85.7 cm³/mol. The molecule has 7 heteroatoms. The average Bonchev–Trinajstić information content (AvgIpc) is 2.95. The molecule has 5 nitrogen and oxygen atoms in total. The number of carbonyl (C=O) groups excluding carboxylic acids is 1. The Morgan fingerprint density at radius 2 is 2.10 bits per heavy atom. The zero-order valence-corrected chi connectivity index (χ0v) is 13.0. The van der Waals surface area contributed by atoms with Gasteiger partial charge >= 0.3 is 0 Å². The maximum Gasteiger partial charge on any atom is 0.270 e. The summed E-state index contributed by atoms with van der Waals surface area (Å²) in [6, 6.07) is 9.65. The lowest BCUT2D eigenvalue weighted by molar-refractivity contribution is 0.0911. The van der Waals surface area contributed by atoms with Crippen LogP contribution in [0.3, 0.4) is 0 Å². The molecule has 1 atom stereocenters. The van der Waals surface area contributed by atoms with Crippen molar-refractivity contribution in [2.24, 2.45) is 5.73 Å². The number of halogens is 1. The van der Waals surface area contributed by atoms with Crippen LogP contribution in [0.5, 0.6) is 0 Å². The van der Waals surface area contributed by atoms with E-state index in [-0.39, 0.29) is 24.9 Å². The molecule has 1 unspecified atom stereocenters. The fraction of sp³-hybridized carbons (Fsp3) is 0.286. The van der Waals surface area contributed by atoms with E-state index < -0.39 is 6.10 Å². The Morgan fingerprint density at radius 3 is 2.71 bits per heavy atom. The van der Waals surface area contributed by atoms with Crippen LogP contribution < -0.4 is 11.1 Å². The van der Waals surface area contributed by atoms with Crippen molar-refractivity contribution in [2.45, 2.75) is 19.1 Å². The van der Waals surface area contributed by atoms with Crippen molar-refractivity contribution in [3.63, 3.8) is 0 Å². The SMILES string of the molecule is Cl.NCc1nc(C(=O)NCC(O)Cc2ccccc2)cs1. The summed E-state index contributed by atoms with van der Waals surface area (Å²) >= 11 is 1.36. The van der Waals surface area contributed by atoms with Gasteiger partial charge in [-0.25, -0.2) is 4.98 Å². The average molecular weight is 328 g/mol. The molecule has 0 bridgehead atoms. The molecule has 0 radical (unpaired) electrons. The molecule has 0 aliphatic rings. The van der Waals surface area contributed by atoms with Gasteiger partial charge in [0.05, 0.1) is 6.10 Å². The molecular formula is C14H18ClN3O2S. The quantitative estimate of drug-likeness (QED) is 0.747. The molecule has 1 heterocycles. The van der Waals surface area contributed by atoms with Gasteiger partial charge in [0.1, 0.15) is 10.7 Å². The van der Waals surface area contributed by atoms with E-state index in [0.29, 0.717) is 18.7 Å². The number of hydrogen-bond acceptors (Lipinski definition) is 5. The summed E-state index contributed by atoms with van der Waals surface area (Å²) in [5.41, 5.74) is 6.83. The number of benzene rings is 1. The van der Waals surface area contributed by atoms with E-state index in [1.165, 1.54) is 11.3 Å². The Morgan fingerprint density at radius 1 is 1.38 bits per heavy atom. The number of aromatic nitrogens is 1. The molecule has 0 fully saturated rings. The minimum Gasteiger partial charge on any atom is -0.391 e. The summed E-state index contributed by atoms with van der Waals surface area (Å²) in [6.45, 7) is 0.526. The van der Waals surface area contributed by atoms with Crippen LogP contribution in [-0.4, -0.2) is 28.6 Å². The number of amides is 1. The zero-order chi connectivity index (χ0) is 14.4. The Balaban J connectivity index is 0.00000220. The number of aliphatic hydroxyl groups excluding tert-OH is 1. The Bertz CT molecular complexity index is 562. The van der Waals surface area contributed by atoms with Crippen LogP contribution in [0.4, 0.5) is 0 Å². The Kier molecular flexibility index (Phi) is 7.31. The number of nitrogens with zero attached hydrogens (tertiary/aromatic N) is 1. The third-order valence-corrected chi connectivity index (χ3v) is 3.64. The van der Waals surface area contributed by atoms with Gasteiger partial charge in [0.25, 0.3) is 5.91 Å². The fourth-order valence-corrected chi connectivity index (χ4v) is 2.42. The number of thiazole rings is 1. The molecule has 0 saturated carbocycles. The van der Waals surface area contributed by atoms with Gasteiger partial charge in [0.15, 0.2) is 0 Å². The highest BCUT2D eigenvalue weighted by Crippen LogP contribution is 2.08. The van der Waals surface area contributed by atoms with Crippen molar-refractivity contribution in [1.82, 2.24) is 10.3 Å². The van der Waals surface area contributed by atoms with Crippen molar-refractivity contribution in [1.29, 1.82) is 0 Å². The second-order valence-electron chi connectivity index (χ2n) is 4.38. The van der Waals surface area contributed by atoms with Crippen molar-refractivity contribution in [3.05, 3.63) is 52.0 Å². The highest BCUT2D eigenvalue weighted by Gasteiger charge is 2.12. The van der Waals surface area contributed by atoms with E-state index in [9.17, 15) is 9.90 Å². The summed E-state index contributed by atoms with van der Waals surface area (Å²) in [6.07, 6.45) is -0.111. The molecule has 21 heavy (non-hydrogen) atoms. The number of rotatable bonds is 6. The van der Waals surface area contributed by atoms with E-state index in [0.717, 1.165) is 10.6 Å². The molecular weight excluding hydrogens is 310 g/mol. The molecule has 2 aromatic rings. The first-order chi connectivity index (χ1) is 9.69. The largest absolute Gasteiger partial charge is 0.391 e. The van der Waals surface area contributed by atoms with Crippen LogP contribution in [0.15, 0.2) is 35.7 Å². The van der Waals surface area contributed by atoms with Gasteiger partial charge in [-0.1, -0.05) is 30.3 Å². The molecule has 114 valence electrons. The lowest BCUT2D eigenvalue weighted by Crippen LogP contribution is -2.33. The first-order valence-corrected chi connectivity index (χ1v) is 7.21. The number of carbonyl (C=O) groups is 1. The molecule has 0 saturated heterocycles. The van der Waals surface area contributed by atoms with Crippen LogP contribution in [0.1, 0.15) is 21.1 Å². The van der Waals surface area contributed by atoms with Crippen LogP contribution in [0, 0.1) is 0 Å². The predicted octanol–water partition coefficient (Wildman–Crippen LogP) is 1.36. The summed E-state index contributed by atoms with van der Waals surface area (Å²) in [7, 11) is 0. The highest BCUT2D eigenvalue weighted by molar-refractivity contribution is 7.09. The third-order valence-electron chi connectivity index (χ3n) is 2.77. The van der Waals surface area contributed by atoms with Crippen molar-refractivity contribution >= 4 is 29.7 Å². The molecule has 4 N–H and O–H groups in total. The summed E-state index contributed by atoms with van der Waals surface area (Å²) in [5, 5.41) is 15.0. The molecule has 1 amide bonds. The number of hydrogen-bond donors (Lipinski definition) is 3. The number of nitrogens with one attached hydrogen (secondary N) is 1. The second kappa shape index (κ2) is 8.74. The van der Waals surface area contributed by atoms with Gasteiger partial charge in [-0.3, -0.25) is 4.79 Å². The van der Waals surface area contributed by atoms with Gasteiger partial charge in [0.2, 0.25) is 0 Å². The van der Waals surface area contributed by atoms with E-state index in [4.69, 9.17) is 5.73 Å². The molecule has 0 aliphatic carbocycles. The van der Waals surface area contributed by atoms with Crippen LogP contribution >= 0.6 is 23.7 Å². The summed E-state index contributed by atoms with van der Waals surface area (Å²) in [4.78, 5) is 15.9. The minimum absolute atomic E-state index is 0. The summed E-state index contributed by atoms with van der Waals surface area (Å²) in [5.74, 6) is -0.284. The number of nitrogens with two attached hydrogens (primary N) is 1. The van der Waals surface area contributed by atoms with E-state index in [1.807, 2.05) is 30.3 Å². The lowest BCUT2D eigenvalue weighted by atomic mass is 10.1. The van der Waals surface area contributed by atoms with Crippen LogP contribution in [-0.2, 0) is 13.0 Å². The van der Waals surface area contributed by atoms with E-state index in [1.54, 1.807) is 5.38 Å². The maximum atomic E-state index is 11.8. The molecule has 0 spiro atoms. The van der Waals surface area contributed by atoms with E-state index >= 15 is 0 Å². The zero-order valence-electron chi connectivity index (χ0n) is 11.4. The molecule has 1 aromatic carbocycles. The molecule has 2 rings (SSSR count). The molecule has 1 aromatic heterocycles. The normalized spacial score (nSPS) is 11.5. The van der Waals surface area contributed by atoms with Crippen molar-refractivity contribution in [2.75, 3.05) is 6.54 Å². The second-order valence-corrected chi connectivity index (χ2v) is 5.33. The van der Waals surface area contributed by atoms with Gasteiger partial charge in [-0.2, -0.15) is 0 Å². The maximum absolute atomic E-state index is 11.8. The van der Waals surface area contributed by atoms with Gasteiger partial charge in [-0.05, 0) is 5.56 Å². The van der Waals surface area contributed by atoms with Gasteiger partial charge < -0.3 is 16.2 Å². The Hall–Kier alpha value is -1.47. The first-order valence-electron chi connectivity index (χ1n) is 6.33. The lowest BCUT2D eigenvalue weighted by Gasteiger charge is -2.11. The first kappa shape index (κ1) is 17.6. The standard InChI is InChI=1S/C14H17N3O2S.ClH/c15-7-13-17-12(9-20-13)14(19)16-8-11(18)6-10-4-2-1-3-5-10;/h1-5,9,11,18H,6-8,15H2,(H,16,19);1H. The minimum atomic E-state index is -0.617. The highest BCUT2D eigenvalue weighted by atomic mass is 35.5. The summed E-state index contributed by atoms with van der Waals surface area (Å²) < 4.78 is 0. The fourth-order valence-electron chi connectivity index (χ4n) is 1.77. The smallest absolute Gasteiger partial charge is 0.270 e. The van der Waals surface area contributed by atoms with Crippen LogP contribution in [0.25, 0.3) is 0 Å². The van der Waals surface area contributed by atoms with Crippen LogP contribution in [0.2, 0.25) is 0 Å².